The first kappa shape index (κ1) is 17.5. The van der Waals surface area contributed by atoms with Crippen molar-refractivity contribution in [3.05, 3.63) is 34.3 Å². The smallest absolute Gasteiger partial charge is 0.416 e. The van der Waals surface area contributed by atoms with Gasteiger partial charge in [0.15, 0.2) is 6.04 Å². The molecule has 0 aromatic heterocycles. The minimum Gasteiger partial charge on any atom is -0.480 e. The lowest BCUT2D eigenvalue weighted by Gasteiger charge is -2.20. The topological polar surface area (TPSA) is 66.4 Å². The summed E-state index contributed by atoms with van der Waals surface area (Å²) in [4.78, 5) is 23.0. The summed E-state index contributed by atoms with van der Waals surface area (Å²) in [5.74, 6) is -2.41. The molecule has 1 aliphatic rings. The molecule has 1 amide bonds. The van der Waals surface area contributed by atoms with Crippen LogP contribution in [0.15, 0.2) is 18.2 Å². The molecular weight excluding hydrogens is 342 g/mol. The highest BCUT2D eigenvalue weighted by Crippen LogP contribution is 2.51. The maximum absolute atomic E-state index is 12.8. The third-order valence-electron chi connectivity index (χ3n) is 3.75. The predicted molar refractivity (Wildman–Crippen MR) is 72.9 cm³/mol. The van der Waals surface area contributed by atoms with E-state index < -0.39 is 41.7 Å². The molecule has 1 aromatic rings. The predicted octanol–water partition coefficient (Wildman–Crippen LogP) is 2.93. The Labute approximate surface area is 133 Å². The Hall–Kier alpha value is -1.83. The molecule has 126 valence electrons. The molecule has 4 nitrogen and oxygen atoms in total. The fourth-order valence-electron chi connectivity index (χ4n) is 2.27. The zero-order valence-corrected chi connectivity index (χ0v) is 12.3. The van der Waals surface area contributed by atoms with Gasteiger partial charge in [-0.25, -0.2) is 9.18 Å². The Kier molecular flexibility index (Phi) is 4.57. The number of rotatable bonds is 5. The van der Waals surface area contributed by atoms with Gasteiger partial charge in [-0.1, -0.05) is 11.6 Å². The minimum atomic E-state index is -4.60. The fourth-order valence-corrected chi connectivity index (χ4v) is 2.57. The molecule has 1 fully saturated rings. The van der Waals surface area contributed by atoms with Crippen LogP contribution in [-0.2, 0) is 21.2 Å². The average Bonchev–Trinajstić information content (AvgIpc) is 3.24. The van der Waals surface area contributed by atoms with Gasteiger partial charge in [0, 0.05) is 5.02 Å². The van der Waals surface area contributed by atoms with Gasteiger partial charge in [-0.3, -0.25) is 4.79 Å². The Balaban J connectivity index is 2.33. The lowest BCUT2D eigenvalue weighted by atomic mass is 9.92. The number of halogens is 5. The Morgan fingerprint density at radius 2 is 1.96 bits per heavy atom. The second kappa shape index (κ2) is 5.99. The molecule has 1 saturated carbocycles. The maximum Gasteiger partial charge on any atom is 0.416 e. The molecule has 0 heterocycles. The van der Waals surface area contributed by atoms with Gasteiger partial charge in [0.05, 0.1) is 11.0 Å². The molecule has 1 atom stereocenters. The number of alkyl halides is 4. The van der Waals surface area contributed by atoms with Gasteiger partial charge in [0.25, 0.3) is 0 Å². The number of carbonyl (C=O) groups excluding carboxylic acids is 1. The number of hydrogen-bond acceptors (Lipinski definition) is 2. The van der Waals surface area contributed by atoms with Crippen LogP contribution in [0, 0.1) is 0 Å². The van der Waals surface area contributed by atoms with Crippen LogP contribution >= 0.6 is 11.6 Å². The number of benzene rings is 1. The van der Waals surface area contributed by atoms with Crippen LogP contribution in [0.2, 0.25) is 5.02 Å². The molecule has 0 spiro atoms. The van der Waals surface area contributed by atoms with Gasteiger partial charge >= 0.3 is 12.1 Å². The van der Waals surface area contributed by atoms with E-state index in [1.54, 1.807) is 0 Å². The third-order valence-corrected chi connectivity index (χ3v) is 4.08. The first-order valence-electron chi connectivity index (χ1n) is 6.59. The van der Waals surface area contributed by atoms with Crippen molar-refractivity contribution in [3.8, 4) is 0 Å². The highest BCUT2D eigenvalue weighted by atomic mass is 35.5. The molecule has 2 N–H and O–H groups in total. The van der Waals surface area contributed by atoms with E-state index in [0.717, 1.165) is 18.2 Å². The Bertz CT molecular complexity index is 643. The van der Waals surface area contributed by atoms with Crippen molar-refractivity contribution in [2.24, 2.45) is 0 Å². The van der Waals surface area contributed by atoms with Gasteiger partial charge < -0.3 is 10.4 Å². The molecular formula is C14H12ClF4NO3. The van der Waals surface area contributed by atoms with E-state index in [2.05, 4.69) is 0 Å². The van der Waals surface area contributed by atoms with Gasteiger partial charge in [0.2, 0.25) is 5.91 Å². The van der Waals surface area contributed by atoms with Gasteiger partial charge in [-0.05, 0) is 36.6 Å². The Morgan fingerprint density at radius 1 is 1.35 bits per heavy atom. The van der Waals surface area contributed by atoms with E-state index in [1.165, 1.54) is 0 Å². The zero-order chi connectivity index (χ0) is 17.4. The SMILES string of the molecule is O=C(O)C(CF)NC(=O)C1(c2cc(C(F)(F)F)ccc2Cl)CC1. The number of amides is 1. The van der Waals surface area contributed by atoms with Gasteiger partial charge in [-0.2, -0.15) is 13.2 Å². The molecule has 9 heteroatoms. The van der Waals surface area contributed by atoms with Crippen LogP contribution in [0.1, 0.15) is 24.0 Å². The van der Waals surface area contributed by atoms with E-state index in [4.69, 9.17) is 16.7 Å². The second-order valence-corrected chi connectivity index (χ2v) is 5.70. The summed E-state index contributed by atoms with van der Waals surface area (Å²) in [5, 5.41) is 10.7. The fraction of sp³-hybridized carbons (Fsp3) is 0.429. The number of nitrogens with one attached hydrogen (secondary N) is 1. The van der Waals surface area contributed by atoms with Crippen molar-refractivity contribution in [1.82, 2.24) is 5.32 Å². The summed E-state index contributed by atoms with van der Waals surface area (Å²) in [6.07, 6.45) is -4.19. The molecule has 0 aliphatic heterocycles. The van der Waals surface area contributed by atoms with Crippen molar-refractivity contribution in [2.75, 3.05) is 6.67 Å². The average molecular weight is 354 g/mol. The van der Waals surface area contributed by atoms with Crippen LogP contribution in [0.25, 0.3) is 0 Å². The van der Waals surface area contributed by atoms with E-state index in [-0.39, 0.29) is 23.4 Å². The molecule has 23 heavy (non-hydrogen) atoms. The lowest BCUT2D eigenvalue weighted by Crippen LogP contribution is -2.46. The first-order chi connectivity index (χ1) is 10.6. The number of carboxylic acid groups (broad SMARTS) is 1. The normalized spacial score (nSPS) is 17.4. The second-order valence-electron chi connectivity index (χ2n) is 5.29. The van der Waals surface area contributed by atoms with E-state index in [0.29, 0.717) is 0 Å². The van der Waals surface area contributed by atoms with E-state index in [1.807, 2.05) is 5.32 Å². The number of carboxylic acids is 1. The summed E-state index contributed by atoms with van der Waals surface area (Å²) < 4.78 is 51.0. The van der Waals surface area contributed by atoms with Crippen LogP contribution in [0.4, 0.5) is 17.6 Å². The first-order valence-corrected chi connectivity index (χ1v) is 6.96. The zero-order valence-electron chi connectivity index (χ0n) is 11.6. The summed E-state index contributed by atoms with van der Waals surface area (Å²) in [6, 6.07) is 0.864. The number of aliphatic carboxylic acids is 1. The summed E-state index contributed by atoms with van der Waals surface area (Å²) >= 11 is 5.91. The van der Waals surface area contributed by atoms with Crippen molar-refractivity contribution in [2.45, 2.75) is 30.5 Å². The van der Waals surface area contributed by atoms with Crippen molar-refractivity contribution in [3.63, 3.8) is 0 Å². The van der Waals surface area contributed by atoms with Crippen LogP contribution < -0.4 is 5.32 Å². The highest BCUT2D eigenvalue weighted by molar-refractivity contribution is 6.32. The molecule has 1 unspecified atom stereocenters. The van der Waals surface area contributed by atoms with Crippen LogP contribution in [0.5, 0.6) is 0 Å². The number of hydrogen-bond donors (Lipinski definition) is 2. The molecule has 0 saturated heterocycles. The molecule has 0 bridgehead atoms. The van der Waals surface area contributed by atoms with Crippen LogP contribution in [-0.4, -0.2) is 29.7 Å². The summed E-state index contributed by atoms with van der Waals surface area (Å²) in [7, 11) is 0. The standard InChI is InChI=1S/C14H12ClF4NO3/c15-9-2-1-7(14(17,18)19)5-8(9)13(3-4-13)12(23)20-10(6-16)11(21)22/h1-2,5,10H,3-4,6H2,(H,20,23)(H,21,22). The molecule has 2 rings (SSSR count). The molecule has 1 aliphatic carbocycles. The molecule has 1 aromatic carbocycles. The third kappa shape index (κ3) is 3.41. The quantitative estimate of drug-likeness (QED) is 0.800. The minimum absolute atomic E-state index is 0.0298. The maximum atomic E-state index is 12.8. The van der Waals surface area contributed by atoms with Crippen molar-refractivity contribution >= 4 is 23.5 Å². The van der Waals surface area contributed by atoms with Gasteiger partial charge in [0.1, 0.15) is 6.67 Å². The van der Waals surface area contributed by atoms with E-state index >= 15 is 0 Å². The van der Waals surface area contributed by atoms with Crippen molar-refractivity contribution in [1.29, 1.82) is 0 Å². The summed E-state index contributed by atoms with van der Waals surface area (Å²) in [6.45, 7) is -1.33. The summed E-state index contributed by atoms with van der Waals surface area (Å²) in [5.41, 5.74) is -2.34. The molecule has 0 radical (unpaired) electrons. The van der Waals surface area contributed by atoms with Crippen LogP contribution in [0.3, 0.4) is 0 Å². The van der Waals surface area contributed by atoms with Gasteiger partial charge in [-0.15, -0.1) is 0 Å². The largest absolute Gasteiger partial charge is 0.480 e. The Morgan fingerprint density at radius 3 is 2.39 bits per heavy atom. The lowest BCUT2D eigenvalue weighted by molar-refractivity contribution is -0.142. The van der Waals surface area contributed by atoms with E-state index in [9.17, 15) is 27.2 Å². The highest BCUT2D eigenvalue weighted by Gasteiger charge is 2.53. The monoisotopic (exact) mass is 353 g/mol. The van der Waals surface area contributed by atoms with Crippen molar-refractivity contribution < 1.29 is 32.3 Å². The number of carbonyl (C=O) groups is 2.